The van der Waals surface area contributed by atoms with Crippen LogP contribution in [0.2, 0.25) is 5.02 Å². The third-order valence-corrected chi connectivity index (χ3v) is 3.13. The number of amides is 1. The van der Waals surface area contributed by atoms with Gasteiger partial charge in [0.1, 0.15) is 0 Å². The molecule has 0 heterocycles. The van der Waals surface area contributed by atoms with Gasteiger partial charge >= 0.3 is 0 Å². The molecule has 0 aliphatic carbocycles. The molecule has 0 saturated carbocycles. The summed E-state index contributed by atoms with van der Waals surface area (Å²) in [6, 6.07) is 7.67. The maximum absolute atomic E-state index is 11.7. The van der Waals surface area contributed by atoms with Gasteiger partial charge in [-0.1, -0.05) is 30.7 Å². The highest BCUT2D eigenvalue weighted by molar-refractivity contribution is 6.30. The van der Waals surface area contributed by atoms with Crippen LogP contribution in [0.15, 0.2) is 24.3 Å². The van der Waals surface area contributed by atoms with Crippen LogP contribution in [0.25, 0.3) is 0 Å². The summed E-state index contributed by atoms with van der Waals surface area (Å²) in [6.07, 6.45) is 3.15. The minimum Gasteiger partial charge on any atom is -0.349 e. The van der Waals surface area contributed by atoms with E-state index in [1.54, 1.807) is 0 Å². The highest BCUT2D eigenvalue weighted by Gasteiger charge is 2.12. The predicted molar refractivity (Wildman–Crippen MR) is 75.5 cm³/mol. The molecule has 18 heavy (non-hydrogen) atoms. The lowest BCUT2D eigenvalue weighted by Gasteiger charge is -2.17. The van der Waals surface area contributed by atoms with Crippen LogP contribution in [-0.4, -0.2) is 12.5 Å². The van der Waals surface area contributed by atoms with E-state index in [4.69, 9.17) is 17.3 Å². The van der Waals surface area contributed by atoms with Crippen LogP contribution >= 0.6 is 11.6 Å². The first-order valence-corrected chi connectivity index (χ1v) is 6.80. The average molecular weight is 269 g/mol. The zero-order valence-electron chi connectivity index (χ0n) is 10.8. The molecule has 0 aliphatic heterocycles. The van der Waals surface area contributed by atoms with E-state index in [0.29, 0.717) is 18.0 Å². The summed E-state index contributed by atoms with van der Waals surface area (Å²) < 4.78 is 0. The molecular weight excluding hydrogens is 248 g/mol. The van der Waals surface area contributed by atoms with E-state index in [2.05, 4.69) is 12.2 Å². The molecule has 1 atom stereocenters. The number of hydrogen-bond acceptors (Lipinski definition) is 2. The lowest BCUT2D eigenvalue weighted by molar-refractivity contribution is -0.122. The van der Waals surface area contributed by atoms with Crippen molar-refractivity contribution in [2.45, 2.75) is 38.6 Å². The molecule has 0 spiro atoms. The van der Waals surface area contributed by atoms with E-state index < -0.39 is 0 Å². The summed E-state index contributed by atoms with van der Waals surface area (Å²) in [6.45, 7) is 2.70. The molecule has 0 radical (unpaired) electrons. The smallest absolute Gasteiger partial charge is 0.220 e. The largest absolute Gasteiger partial charge is 0.349 e. The Morgan fingerprint density at radius 1 is 1.33 bits per heavy atom. The van der Waals surface area contributed by atoms with Gasteiger partial charge in [0.2, 0.25) is 5.91 Å². The van der Waals surface area contributed by atoms with Gasteiger partial charge < -0.3 is 11.1 Å². The van der Waals surface area contributed by atoms with Gasteiger partial charge in [-0.3, -0.25) is 4.79 Å². The zero-order valence-corrected chi connectivity index (χ0v) is 11.5. The predicted octanol–water partition coefficient (Wildman–Crippen LogP) is 3.04. The number of hydrogen-bond donors (Lipinski definition) is 2. The van der Waals surface area contributed by atoms with Crippen LogP contribution in [0.5, 0.6) is 0 Å². The minimum atomic E-state index is 0.0626. The summed E-state index contributed by atoms with van der Waals surface area (Å²) in [7, 11) is 0. The van der Waals surface area contributed by atoms with Gasteiger partial charge in [-0.05, 0) is 43.5 Å². The van der Waals surface area contributed by atoms with Crippen LogP contribution in [0.3, 0.4) is 0 Å². The first-order chi connectivity index (χ1) is 8.67. The lowest BCUT2D eigenvalue weighted by atomic mass is 10.0. The molecule has 0 aromatic heterocycles. The van der Waals surface area contributed by atoms with E-state index in [1.165, 1.54) is 0 Å². The third-order valence-electron chi connectivity index (χ3n) is 2.87. The summed E-state index contributed by atoms with van der Waals surface area (Å²) in [5.74, 6) is 0.0882. The van der Waals surface area contributed by atoms with Gasteiger partial charge in [0.05, 0.1) is 6.04 Å². The van der Waals surface area contributed by atoms with Gasteiger partial charge in [0, 0.05) is 11.4 Å². The monoisotopic (exact) mass is 268 g/mol. The number of halogens is 1. The standard InChI is InChI=1S/C14H21ClN2O/c1-2-13(11-6-8-12(15)9-7-11)17-14(18)5-3-4-10-16/h6-9,13H,2-5,10,16H2,1H3,(H,17,18). The van der Waals surface area contributed by atoms with E-state index in [9.17, 15) is 4.79 Å². The highest BCUT2D eigenvalue weighted by Crippen LogP contribution is 2.19. The number of carbonyl (C=O) groups excluding carboxylic acids is 1. The molecule has 1 unspecified atom stereocenters. The number of nitrogens with one attached hydrogen (secondary N) is 1. The SMILES string of the molecule is CCC(NC(=O)CCCCN)c1ccc(Cl)cc1. The number of nitrogens with two attached hydrogens (primary N) is 1. The van der Waals surface area contributed by atoms with Crippen molar-refractivity contribution >= 4 is 17.5 Å². The molecule has 0 bridgehead atoms. The molecule has 0 aliphatic rings. The Kier molecular flexibility index (Phi) is 6.76. The quantitative estimate of drug-likeness (QED) is 0.747. The number of carbonyl (C=O) groups is 1. The fourth-order valence-electron chi connectivity index (χ4n) is 1.81. The van der Waals surface area contributed by atoms with Crippen molar-refractivity contribution in [2.24, 2.45) is 5.73 Å². The zero-order chi connectivity index (χ0) is 13.4. The molecule has 3 nitrogen and oxygen atoms in total. The third kappa shape index (κ3) is 5.07. The molecule has 100 valence electrons. The summed E-state index contributed by atoms with van der Waals surface area (Å²) >= 11 is 5.85. The normalized spacial score (nSPS) is 12.2. The molecule has 1 aromatic rings. The van der Waals surface area contributed by atoms with Crippen LogP contribution in [0, 0.1) is 0 Å². The van der Waals surface area contributed by atoms with Crippen molar-refractivity contribution in [1.82, 2.24) is 5.32 Å². The Balaban J connectivity index is 2.51. The molecule has 4 heteroatoms. The maximum Gasteiger partial charge on any atom is 0.220 e. The van der Waals surface area contributed by atoms with E-state index in [0.717, 1.165) is 24.8 Å². The Bertz CT molecular complexity index is 365. The minimum absolute atomic E-state index is 0.0626. The van der Waals surface area contributed by atoms with Crippen LogP contribution in [-0.2, 0) is 4.79 Å². The Hall–Kier alpha value is -1.06. The van der Waals surface area contributed by atoms with E-state index in [-0.39, 0.29) is 11.9 Å². The second-order valence-electron chi connectivity index (χ2n) is 4.33. The molecule has 1 rings (SSSR count). The Morgan fingerprint density at radius 3 is 2.56 bits per heavy atom. The highest BCUT2D eigenvalue weighted by atomic mass is 35.5. The second-order valence-corrected chi connectivity index (χ2v) is 4.76. The van der Waals surface area contributed by atoms with Crippen molar-refractivity contribution in [3.63, 3.8) is 0 Å². The van der Waals surface area contributed by atoms with Gasteiger partial charge in [0.15, 0.2) is 0 Å². The molecule has 0 fully saturated rings. The summed E-state index contributed by atoms with van der Waals surface area (Å²) in [5, 5.41) is 3.75. The van der Waals surface area contributed by atoms with Crippen molar-refractivity contribution in [3.05, 3.63) is 34.9 Å². The molecule has 0 saturated heterocycles. The van der Waals surface area contributed by atoms with E-state index >= 15 is 0 Å². The van der Waals surface area contributed by atoms with Gasteiger partial charge in [-0.2, -0.15) is 0 Å². The Morgan fingerprint density at radius 2 is 2.00 bits per heavy atom. The van der Waals surface area contributed by atoms with Crippen molar-refractivity contribution < 1.29 is 4.79 Å². The molecule has 1 aromatic carbocycles. The van der Waals surface area contributed by atoms with Crippen molar-refractivity contribution in [2.75, 3.05) is 6.54 Å². The summed E-state index contributed by atoms with van der Waals surface area (Å²) in [4.78, 5) is 11.7. The number of unbranched alkanes of at least 4 members (excludes halogenated alkanes) is 1. The van der Waals surface area contributed by atoms with Gasteiger partial charge in [-0.25, -0.2) is 0 Å². The van der Waals surface area contributed by atoms with Crippen molar-refractivity contribution in [3.8, 4) is 0 Å². The molecular formula is C14H21ClN2O. The average Bonchev–Trinajstić information content (AvgIpc) is 2.37. The first-order valence-electron chi connectivity index (χ1n) is 6.42. The fourth-order valence-corrected chi connectivity index (χ4v) is 1.94. The lowest BCUT2D eigenvalue weighted by Crippen LogP contribution is -2.27. The second kappa shape index (κ2) is 8.11. The first kappa shape index (κ1) is 15.0. The Labute approximate surface area is 114 Å². The fraction of sp³-hybridized carbons (Fsp3) is 0.500. The molecule has 1 amide bonds. The van der Waals surface area contributed by atoms with Crippen LogP contribution in [0.4, 0.5) is 0 Å². The van der Waals surface area contributed by atoms with Crippen molar-refractivity contribution in [1.29, 1.82) is 0 Å². The number of benzene rings is 1. The molecule has 3 N–H and O–H groups in total. The van der Waals surface area contributed by atoms with Crippen LogP contribution < -0.4 is 11.1 Å². The number of rotatable bonds is 7. The van der Waals surface area contributed by atoms with Crippen LogP contribution in [0.1, 0.15) is 44.2 Å². The topological polar surface area (TPSA) is 55.1 Å². The van der Waals surface area contributed by atoms with Gasteiger partial charge in [-0.15, -0.1) is 0 Å². The van der Waals surface area contributed by atoms with E-state index in [1.807, 2.05) is 24.3 Å². The summed E-state index contributed by atoms with van der Waals surface area (Å²) in [5.41, 5.74) is 6.49. The van der Waals surface area contributed by atoms with Gasteiger partial charge in [0.25, 0.3) is 0 Å². The maximum atomic E-state index is 11.7.